The second-order valence-electron chi connectivity index (χ2n) is 3.36. The molecule has 1 aromatic rings. The second kappa shape index (κ2) is 4.49. The van der Waals surface area contributed by atoms with Gasteiger partial charge in [0.2, 0.25) is 11.0 Å². The highest BCUT2D eigenvalue weighted by Gasteiger charge is 2.31. The molecule has 0 bridgehead atoms. The fourth-order valence-electron chi connectivity index (χ4n) is 1.48. The van der Waals surface area contributed by atoms with E-state index in [0.29, 0.717) is 6.42 Å². The van der Waals surface area contributed by atoms with Crippen molar-refractivity contribution in [3.8, 4) is 0 Å². The Balaban J connectivity index is 2.01. The molecule has 78 valence electrons. The number of thioether (sulfide) groups is 1. The van der Waals surface area contributed by atoms with Crippen molar-refractivity contribution in [3.05, 3.63) is 30.3 Å². The molecule has 1 unspecified atom stereocenters. The van der Waals surface area contributed by atoms with Crippen molar-refractivity contribution >= 4 is 28.5 Å². The van der Waals surface area contributed by atoms with E-state index < -0.39 is 5.92 Å². The van der Waals surface area contributed by atoms with Gasteiger partial charge in [0.15, 0.2) is 0 Å². The van der Waals surface area contributed by atoms with Gasteiger partial charge in [0, 0.05) is 11.4 Å². The lowest BCUT2D eigenvalue weighted by atomic mass is 10.1. The molecule has 3 nitrogen and oxygen atoms in total. The quantitative estimate of drug-likeness (QED) is 0.776. The van der Waals surface area contributed by atoms with Crippen LogP contribution in [0.5, 0.6) is 0 Å². The Labute approximate surface area is 92.2 Å². The Bertz CT molecular complexity index is 377. The van der Waals surface area contributed by atoms with Crippen molar-refractivity contribution in [2.45, 2.75) is 6.42 Å². The molecule has 0 radical (unpaired) electrons. The minimum Gasteiger partial charge on any atom is -0.325 e. The van der Waals surface area contributed by atoms with Crippen LogP contribution in [-0.4, -0.2) is 16.8 Å². The van der Waals surface area contributed by atoms with Crippen LogP contribution in [0.3, 0.4) is 0 Å². The topological polar surface area (TPSA) is 46.2 Å². The van der Waals surface area contributed by atoms with Crippen LogP contribution in [0.25, 0.3) is 0 Å². The van der Waals surface area contributed by atoms with Crippen molar-refractivity contribution in [1.29, 1.82) is 0 Å². The summed E-state index contributed by atoms with van der Waals surface area (Å²) in [5, 5.41) is 2.73. The van der Waals surface area contributed by atoms with E-state index >= 15 is 0 Å². The van der Waals surface area contributed by atoms with Crippen LogP contribution < -0.4 is 5.32 Å². The number of nitrogens with one attached hydrogen (secondary N) is 1. The summed E-state index contributed by atoms with van der Waals surface area (Å²) >= 11 is 1.24. The van der Waals surface area contributed by atoms with E-state index in [0.717, 1.165) is 11.4 Å². The number of hydrogen-bond donors (Lipinski definition) is 1. The predicted molar refractivity (Wildman–Crippen MR) is 60.6 cm³/mol. The van der Waals surface area contributed by atoms with Crippen LogP contribution in [0.2, 0.25) is 0 Å². The van der Waals surface area contributed by atoms with Gasteiger partial charge in [-0.2, -0.15) is 0 Å². The van der Waals surface area contributed by atoms with Crippen molar-refractivity contribution in [2.75, 3.05) is 11.1 Å². The Kier molecular flexibility index (Phi) is 3.06. The lowest BCUT2D eigenvalue weighted by Gasteiger charge is -2.08. The highest BCUT2D eigenvalue weighted by atomic mass is 32.2. The lowest BCUT2D eigenvalue weighted by Crippen LogP contribution is -2.25. The van der Waals surface area contributed by atoms with E-state index in [1.807, 2.05) is 30.3 Å². The summed E-state index contributed by atoms with van der Waals surface area (Å²) in [5.41, 5.74) is 0.743. The monoisotopic (exact) mass is 221 g/mol. The third kappa shape index (κ3) is 2.39. The maximum absolute atomic E-state index is 11.7. The Hall–Kier alpha value is -1.29. The molecule has 0 spiro atoms. The van der Waals surface area contributed by atoms with Crippen molar-refractivity contribution in [1.82, 2.24) is 0 Å². The maximum atomic E-state index is 11.7. The predicted octanol–water partition coefficient (Wildman–Crippen LogP) is 1.90. The summed E-state index contributed by atoms with van der Waals surface area (Å²) < 4.78 is 0. The molecule has 4 heteroatoms. The zero-order valence-electron chi connectivity index (χ0n) is 8.10. The zero-order valence-corrected chi connectivity index (χ0v) is 8.92. The van der Waals surface area contributed by atoms with Gasteiger partial charge in [0.05, 0.1) is 0 Å². The molecule has 0 aliphatic carbocycles. The van der Waals surface area contributed by atoms with Crippen molar-refractivity contribution < 1.29 is 9.59 Å². The molecule has 1 heterocycles. The minimum absolute atomic E-state index is 0.0107. The molecule has 0 saturated carbocycles. The molecule has 1 saturated heterocycles. The minimum atomic E-state index is -0.463. The van der Waals surface area contributed by atoms with Gasteiger partial charge in [0.25, 0.3) is 0 Å². The molecule has 1 atom stereocenters. The van der Waals surface area contributed by atoms with Gasteiger partial charge in [-0.25, -0.2) is 0 Å². The molecule has 1 fully saturated rings. The number of amides is 1. The Morgan fingerprint density at radius 1 is 1.33 bits per heavy atom. The first kappa shape index (κ1) is 10.2. The number of carbonyl (C=O) groups excluding carboxylic acids is 2. The Morgan fingerprint density at radius 3 is 2.67 bits per heavy atom. The van der Waals surface area contributed by atoms with Crippen LogP contribution in [0, 0.1) is 5.92 Å². The number of anilines is 1. The molecule has 2 rings (SSSR count). The van der Waals surface area contributed by atoms with E-state index in [1.54, 1.807) is 0 Å². The molecule has 1 N–H and O–H groups in total. The standard InChI is InChI=1S/C11H11NO2S/c13-10(9-6-7-15-11(9)14)12-8-4-2-1-3-5-8/h1-5,9H,6-7H2,(H,12,13). The molecule has 1 aliphatic heterocycles. The first-order valence-electron chi connectivity index (χ1n) is 4.80. The van der Waals surface area contributed by atoms with Crippen molar-refractivity contribution in [3.63, 3.8) is 0 Å². The third-order valence-corrected chi connectivity index (χ3v) is 3.30. The highest BCUT2D eigenvalue weighted by Crippen LogP contribution is 2.26. The van der Waals surface area contributed by atoms with Gasteiger partial charge in [-0.05, 0) is 18.6 Å². The number of hydrogen-bond acceptors (Lipinski definition) is 3. The molecule has 1 amide bonds. The summed E-state index contributed by atoms with van der Waals surface area (Å²) in [5.74, 6) is 0.109. The maximum Gasteiger partial charge on any atom is 0.235 e. The highest BCUT2D eigenvalue weighted by molar-refractivity contribution is 8.14. The lowest BCUT2D eigenvalue weighted by molar-refractivity contribution is -0.126. The summed E-state index contributed by atoms with van der Waals surface area (Å²) in [6, 6.07) is 9.20. The van der Waals surface area contributed by atoms with Crippen LogP contribution in [0.4, 0.5) is 5.69 Å². The van der Waals surface area contributed by atoms with Gasteiger partial charge >= 0.3 is 0 Å². The average molecular weight is 221 g/mol. The summed E-state index contributed by atoms with van der Waals surface area (Å²) in [7, 11) is 0. The number of rotatable bonds is 2. The summed E-state index contributed by atoms with van der Waals surface area (Å²) in [6.45, 7) is 0. The molecule has 1 aromatic carbocycles. The largest absolute Gasteiger partial charge is 0.325 e. The molecule has 1 aliphatic rings. The molecular formula is C11H11NO2S. The van der Waals surface area contributed by atoms with Gasteiger partial charge in [0.1, 0.15) is 5.92 Å². The average Bonchev–Trinajstić information content (AvgIpc) is 2.66. The van der Waals surface area contributed by atoms with Gasteiger partial charge in [-0.1, -0.05) is 30.0 Å². The van der Waals surface area contributed by atoms with Crippen LogP contribution in [0.15, 0.2) is 30.3 Å². The fourth-order valence-corrected chi connectivity index (χ4v) is 2.47. The smallest absolute Gasteiger partial charge is 0.235 e. The Morgan fingerprint density at radius 2 is 2.07 bits per heavy atom. The van der Waals surface area contributed by atoms with Crippen LogP contribution in [0.1, 0.15) is 6.42 Å². The summed E-state index contributed by atoms with van der Waals surface area (Å²) in [6.07, 6.45) is 0.655. The SMILES string of the molecule is O=C(Nc1ccccc1)C1CCSC1=O. The van der Waals surface area contributed by atoms with Gasteiger partial charge in [-0.15, -0.1) is 0 Å². The van der Waals surface area contributed by atoms with E-state index in [4.69, 9.17) is 0 Å². The second-order valence-corrected chi connectivity index (χ2v) is 4.46. The summed E-state index contributed by atoms with van der Waals surface area (Å²) in [4.78, 5) is 23.0. The van der Waals surface area contributed by atoms with Gasteiger partial charge in [-0.3, -0.25) is 9.59 Å². The van der Waals surface area contributed by atoms with Crippen LogP contribution >= 0.6 is 11.8 Å². The fraction of sp³-hybridized carbons (Fsp3) is 0.273. The first-order chi connectivity index (χ1) is 7.27. The number of para-hydroxylation sites is 1. The molecule has 15 heavy (non-hydrogen) atoms. The van der Waals surface area contributed by atoms with Crippen molar-refractivity contribution in [2.24, 2.45) is 5.92 Å². The number of benzene rings is 1. The van der Waals surface area contributed by atoms with E-state index in [2.05, 4.69) is 5.32 Å². The molecule has 0 aromatic heterocycles. The van der Waals surface area contributed by atoms with Crippen LogP contribution in [-0.2, 0) is 9.59 Å². The van der Waals surface area contributed by atoms with Gasteiger partial charge < -0.3 is 5.32 Å². The van der Waals surface area contributed by atoms with E-state index in [-0.39, 0.29) is 11.0 Å². The first-order valence-corrected chi connectivity index (χ1v) is 5.78. The van der Waals surface area contributed by atoms with E-state index in [9.17, 15) is 9.59 Å². The number of carbonyl (C=O) groups is 2. The third-order valence-electron chi connectivity index (χ3n) is 2.29. The molecular weight excluding hydrogens is 210 g/mol. The zero-order chi connectivity index (χ0) is 10.7. The normalized spacial score (nSPS) is 20.3. The van der Waals surface area contributed by atoms with E-state index in [1.165, 1.54) is 11.8 Å².